The lowest BCUT2D eigenvalue weighted by atomic mass is 10.2. The van der Waals surface area contributed by atoms with Crippen LogP contribution < -0.4 is 0 Å². The van der Waals surface area contributed by atoms with Gasteiger partial charge in [0.15, 0.2) is 0 Å². The number of aromatic nitrogens is 2. The van der Waals surface area contributed by atoms with E-state index in [1.165, 1.54) is 6.07 Å². The Morgan fingerprint density at radius 3 is 2.84 bits per heavy atom. The van der Waals surface area contributed by atoms with E-state index in [4.69, 9.17) is 0 Å². The van der Waals surface area contributed by atoms with Gasteiger partial charge < -0.3 is 4.90 Å². The van der Waals surface area contributed by atoms with Crippen LogP contribution in [0.4, 0.5) is 4.39 Å². The first kappa shape index (κ1) is 17.4. The molecule has 132 valence electrons. The molecule has 0 N–H and O–H groups in total. The Bertz CT molecular complexity index is 755. The highest BCUT2D eigenvalue weighted by Crippen LogP contribution is 2.12. The number of carbonyl (C=O) groups is 1. The summed E-state index contributed by atoms with van der Waals surface area (Å²) in [4.78, 5) is 16.4. The van der Waals surface area contributed by atoms with E-state index in [1.807, 2.05) is 30.3 Å². The summed E-state index contributed by atoms with van der Waals surface area (Å²) in [5.41, 5.74) is 1.62. The first-order valence-corrected chi connectivity index (χ1v) is 8.53. The summed E-state index contributed by atoms with van der Waals surface area (Å²) in [7, 11) is 1.85. The topological polar surface area (TPSA) is 41.4 Å². The maximum atomic E-state index is 13.8. The molecule has 2 heterocycles. The summed E-state index contributed by atoms with van der Waals surface area (Å²) in [6.07, 6.45) is 7.87. The van der Waals surface area contributed by atoms with Gasteiger partial charge in [-0.05, 0) is 18.6 Å². The van der Waals surface area contributed by atoms with Crippen molar-refractivity contribution in [1.82, 2.24) is 19.6 Å². The highest BCUT2D eigenvalue weighted by Gasteiger charge is 2.18. The van der Waals surface area contributed by atoms with Crippen LogP contribution in [0.1, 0.15) is 17.5 Å². The molecule has 0 spiro atoms. The highest BCUT2D eigenvalue weighted by molar-refractivity contribution is 5.91. The van der Waals surface area contributed by atoms with Crippen LogP contribution in [0.3, 0.4) is 0 Å². The number of benzene rings is 1. The summed E-state index contributed by atoms with van der Waals surface area (Å²) in [5.74, 6) is -0.157. The predicted octanol–water partition coefficient (Wildman–Crippen LogP) is 2.31. The van der Waals surface area contributed by atoms with Crippen molar-refractivity contribution in [2.45, 2.75) is 13.0 Å². The molecule has 3 rings (SSSR count). The van der Waals surface area contributed by atoms with Crippen molar-refractivity contribution in [2.75, 3.05) is 26.2 Å². The average molecular weight is 342 g/mol. The fourth-order valence-electron chi connectivity index (χ4n) is 3.02. The van der Waals surface area contributed by atoms with E-state index in [1.54, 1.807) is 29.1 Å². The molecule has 2 aromatic rings. The van der Waals surface area contributed by atoms with E-state index in [0.717, 1.165) is 31.6 Å². The standard InChI is InChI=1S/C19H23FN4O/c1-22-14-16(13-21-22)7-8-19(25)24-10-4-9-23(11-12-24)15-17-5-2-3-6-18(17)20/h2-3,5-8,13-14H,4,9-12,15H2,1H3/b8-7-. The Morgan fingerprint density at radius 2 is 2.08 bits per heavy atom. The molecule has 0 radical (unpaired) electrons. The van der Waals surface area contributed by atoms with Crippen molar-refractivity contribution in [2.24, 2.45) is 7.05 Å². The summed E-state index contributed by atoms with van der Waals surface area (Å²) in [6.45, 7) is 3.58. The minimum Gasteiger partial charge on any atom is -0.338 e. The normalized spacial score (nSPS) is 16.3. The monoisotopic (exact) mass is 342 g/mol. The third-order valence-corrected chi connectivity index (χ3v) is 4.40. The highest BCUT2D eigenvalue weighted by atomic mass is 19.1. The van der Waals surface area contributed by atoms with Crippen LogP contribution in [0, 0.1) is 5.82 Å². The molecule has 1 aromatic heterocycles. The van der Waals surface area contributed by atoms with Crippen LogP contribution in [0.5, 0.6) is 0 Å². The van der Waals surface area contributed by atoms with Crippen molar-refractivity contribution in [3.63, 3.8) is 0 Å². The molecule has 1 fully saturated rings. The number of amides is 1. The van der Waals surface area contributed by atoms with E-state index in [2.05, 4.69) is 10.00 Å². The fourth-order valence-corrected chi connectivity index (χ4v) is 3.02. The van der Waals surface area contributed by atoms with Crippen LogP contribution in [-0.4, -0.2) is 51.7 Å². The van der Waals surface area contributed by atoms with E-state index < -0.39 is 0 Å². The van der Waals surface area contributed by atoms with Crippen molar-refractivity contribution in [3.8, 4) is 0 Å². The van der Waals surface area contributed by atoms with Gasteiger partial charge in [-0.25, -0.2) is 4.39 Å². The first-order valence-electron chi connectivity index (χ1n) is 8.53. The van der Waals surface area contributed by atoms with Crippen LogP contribution in [0.15, 0.2) is 42.7 Å². The number of hydrogen-bond donors (Lipinski definition) is 0. The average Bonchev–Trinajstić information content (AvgIpc) is 2.88. The lowest BCUT2D eigenvalue weighted by Crippen LogP contribution is -2.34. The number of nitrogens with zero attached hydrogens (tertiary/aromatic N) is 4. The Hall–Kier alpha value is -2.47. The maximum Gasteiger partial charge on any atom is 0.246 e. The lowest BCUT2D eigenvalue weighted by molar-refractivity contribution is -0.125. The second kappa shape index (κ2) is 8.07. The fraction of sp³-hybridized carbons (Fsp3) is 0.368. The van der Waals surface area contributed by atoms with E-state index >= 15 is 0 Å². The van der Waals surface area contributed by atoms with Crippen LogP contribution in [-0.2, 0) is 18.4 Å². The molecule has 1 saturated heterocycles. The van der Waals surface area contributed by atoms with Gasteiger partial charge in [-0.3, -0.25) is 14.4 Å². The van der Waals surface area contributed by atoms with Crippen molar-refractivity contribution < 1.29 is 9.18 Å². The van der Waals surface area contributed by atoms with E-state index in [0.29, 0.717) is 18.7 Å². The van der Waals surface area contributed by atoms with Crippen LogP contribution >= 0.6 is 0 Å². The SMILES string of the molecule is Cn1cc(/C=C\C(=O)N2CCCN(Cc3ccccc3F)CC2)cn1. The van der Waals surface area contributed by atoms with Gasteiger partial charge >= 0.3 is 0 Å². The number of rotatable bonds is 4. The minimum absolute atomic E-state index is 0.0107. The molecular formula is C19H23FN4O. The molecule has 1 aromatic carbocycles. The quantitative estimate of drug-likeness (QED) is 0.801. The molecule has 0 bridgehead atoms. The van der Waals surface area contributed by atoms with Gasteiger partial charge in [0, 0.05) is 63.2 Å². The zero-order chi connectivity index (χ0) is 17.6. The van der Waals surface area contributed by atoms with Crippen LogP contribution in [0.2, 0.25) is 0 Å². The third-order valence-electron chi connectivity index (χ3n) is 4.40. The molecule has 6 heteroatoms. The Labute approximate surface area is 147 Å². The molecule has 1 aliphatic heterocycles. The minimum atomic E-state index is -0.168. The molecule has 0 atom stereocenters. The molecule has 25 heavy (non-hydrogen) atoms. The van der Waals surface area contributed by atoms with Crippen LogP contribution in [0.25, 0.3) is 6.08 Å². The molecule has 5 nitrogen and oxygen atoms in total. The van der Waals surface area contributed by atoms with Gasteiger partial charge in [0.05, 0.1) is 6.20 Å². The number of carbonyl (C=O) groups excluding carboxylic acids is 1. The molecule has 0 saturated carbocycles. The Kier molecular flexibility index (Phi) is 5.60. The van der Waals surface area contributed by atoms with Gasteiger partial charge in [-0.2, -0.15) is 5.10 Å². The molecular weight excluding hydrogens is 319 g/mol. The summed E-state index contributed by atoms with van der Waals surface area (Å²) in [6, 6.07) is 6.87. The van der Waals surface area contributed by atoms with Crippen molar-refractivity contribution in [1.29, 1.82) is 0 Å². The summed E-state index contributed by atoms with van der Waals surface area (Å²) >= 11 is 0. The lowest BCUT2D eigenvalue weighted by Gasteiger charge is -2.21. The number of halogens is 1. The maximum absolute atomic E-state index is 13.8. The second-order valence-corrected chi connectivity index (χ2v) is 6.33. The smallest absolute Gasteiger partial charge is 0.246 e. The predicted molar refractivity (Wildman–Crippen MR) is 95.1 cm³/mol. The Morgan fingerprint density at radius 1 is 1.24 bits per heavy atom. The number of hydrogen-bond acceptors (Lipinski definition) is 3. The van der Waals surface area contributed by atoms with Gasteiger partial charge in [0.25, 0.3) is 0 Å². The Balaban J connectivity index is 1.55. The van der Waals surface area contributed by atoms with E-state index in [9.17, 15) is 9.18 Å². The molecule has 1 aliphatic rings. The van der Waals surface area contributed by atoms with Crippen molar-refractivity contribution >= 4 is 12.0 Å². The van der Waals surface area contributed by atoms with Crippen molar-refractivity contribution in [3.05, 3.63) is 59.7 Å². The first-order chi connectivity index (χ1) is 12.1. The van der Waals surface area contributed by atoms with E-state index in [-0.39, 0.29) is 11.7 Å². The third kappa shape index (κ3) is 4.76. The molecule has 0 unspecified atom stereocenters. The van der Waals surface area contributed by atoms with Gasteiger partial charge in [-0.1, -0.05) is 18.2 Å². The zero-order valence-electron chi connectivity index (χ0n) is 14.4. The second-order valence-electron chi connectivity index (χ2n) is 6.33. The van der Waals surface area contributed by atoms with Gasteiger partial charge in [0.1, 0.15) is 5.82 Å². The molecule has 1 amide bonds. The number of aryl methyl sites for hydroxylation is 1. The van der Waals surface area contributed by atoms with Gasteiger partial charge in [0.2, 0.25) is 5.91 Å². The zero-order valence-corrected chi connectivity index (χ0v) is 14.4. The molecule has 0 aliphatic carbocycles. The summed E-state index contributed by atoms with van der Waals surface area (Å²) in [5, 5.41) is 4.08. The largest absolute Gasteiger partial charge is 0.338 e. The van der Waals surface area contributed by atoms with Gasteiger partial charge in [-0.15, -0.1) is 0 Å². The summed E-state index contributed by atoms with van der Waals surface area (Å²) < 4.78 is 15.5.